The van der Waals surface area contributed by atoms with Gasteiger partial charge in [-0.2, -0.15) is 13.2 Å². The highest BCUT2D eigenvalue weighted by Gasteiger charge is 2.43. The van der Waals surface area contributed by atoms with Gasteiger partial charge in [-0.3, -0.25) is 9.69 Å². The second kappa shape index (κ2) is 7.08. The molecule has 1 aromatic heterocycles. The number of benzene rings is 1. The number of alkyl halides is 3. The van der Waals surface area contributed by atoms with Crippen LogP contribution in [0.1, 0.15) is 10.4 Å². The molecule has 2 aromatic rings. The fourth-order valence-electron chi connectivity index (χ4n) is 2.88. The van der Waals surface area contributed by atoms with Crippen LogP contribution in [0, 0.1) is 0 Å². The number of nitrogens with one attached hydrogen (secondary N) is 2. The third-order valence-corrected chi connectivity index (χ3v) is 5.12. The molecule has 0 radical (unpaired) electrons. The van der Waals surface area contributed by atoms with Crippen molar-refractivity contribution in [3.8, 4) is 0 Å². The summed E-state index contributed by atoms with van der Waals surface area (Å²) >= 11 is 1.41. The highest BCUT2D eigenvalue weighted by molar-refractivity contribution is 7.17. The first-order chi connectivity index (χ1) is 11.5. The molecule has 1 saturated heterocycles. The predicted octanol–water partition coefficient (Wildman–Crippen LogP) is 2.47. The number of fused-ring (bicyclic) bond motifs is 1. The van der Waals surface area contributed by atoms with E-state index in [0.717, 1.165) is 10.1 Å². The molecule has 1 amide bonds. The molecule has 24 heavy (non-hydrogen) atoms. The Bertz CT molecular complexity index is 710. The quantitative estimate of drug-likeness (QED) is 0.884. The van der Waals surface area contributed by atoms with Gasteiger partial charge in [0.1, 0.15) is 6.04 Å². The van der Waals surface area contributed by atoms with Crippen molar-refractivity contribution < 1.29 is 18.0 Å². The molecule has 8 heteroatoms. The summed E-state index contributed by atoms with van der Waals surface area (Å²) in [6, 6.07) is 5.71. The first-order valence-electron chi connectivity index (χ1n) is 7.73. The Morgan fingerprint density at radius 1 is 1.29 bits per heavy atom. The summed E-state index contributed by atoms with van der Waals surface area (Å²) in [5, 5.41) is 7.96. The van der Waals surface area contributed by atoms with E-state index in [9.17, 15) is 18.0 Å². The lowest BCUT2D eigenvalue weighted by atomic mass is 10.1. The van der Waals surface area contributed by atoms with Crippen molar-refractivity contribution >= 4 is 27.3 Å². The Morgan fingerprint density at radius 2 is 2.00 bits per heavy atom. The van der Waals surface area contributed by atoms with Crippen LogP contribution in [0.15, 0.2) is 29.6 Å². The minimum absolute atomic E-state index is 0.321. The topological polar surface area (TPSA) is 44.4 Å². The van der Waals surface area contributed by atoms with E-state index in [1.54, 1.807) is 11.4 Å². The van der Waals surface area contributed by atoms with Gasteiger partial charge in [0.15, 0.2) is 0 Å². The molecule has 1 aromatic carbocycles. The van der Waals surface area contributed by atoms with Crippen LogP contribution < -0.4 is 10.6 Å². The van der Waals surface area contributed by atoms with Crippen LogP contribution in [0.5, 0.6) is 0 Å². The Kier molecular flexibility index (Phi) is 5.07. The van der Waals surface area contributed by atoms with E-state index >= 15 is 0 Å². The van der Waals surface area contributed by atoms with Crippen molar-refractivity contribution in [3.05, 3.63) is 35.2 Å². The molecule has 2 N–H and O–H groups in total. The fraction of sp³-hybridized carbons (Fsp3) is 0.438. The lowest BCUT2D eigenvalue weighted by Crippen LogP contribution is -2.57. The molecule has 1 aliphatic heterocycles. The maximum Gasteiger partial charge on any atom is 0.405 e. The Hall–Kier alpha value is -1.64. The number of halogens is 3. The molecule has 2 heterocycles. The highest BCUT2D eigenvalue weighted by atomic mass is 32.1. The van der Waals surface area contributed by atoms with Crippen LogP contribution in [0.3, 0.4) is 0 Å². The average Bonchev–Trinajstić information content (AvgIpc) is 2.99. The molecule has 0 bridgehead atoms. The SMILES string of the molecule is O=C(NCC(N1CCNCC1)C(F)(F)F)c1csc2ccccc12. The minimum Gasteiger partial charge on any atom is -0.350 e. The summed E-state index contributed by atoms with van der Waals surface area (Å²) < 4.78 is 41.0. The zero-order chi connectivity index (χ0) is 17.2. The first-order valence-corrected chi connectivity index (χ1v) is 8.60. The largest absolute Gasteiger partial charge is 0.405 e. The molecule has 3 rings (SSSR count). The van der Waals surface area contributed by atoms with Gasteiger partial charge < -0.3 is 10.6 Å². The second-order valence-corrected chi connectivity index (χ2v) is 6.61. The molecular formula is C16H18F3N3OS. The molecule has 1 fully saturated rings. The summed E-state index contributed by atoms with van der Waals surface area (Å²) in [6.45, 7) is 1.25. The lowest BCUT2D eigenvalue weighted by Gasteiger charge is -2.35. The Labute approximate surface area is 141 Å². The van der Waals surface area contributed by atoms with Crippen molar-refractivity contribution in [1.82, 2.24) is 15.5 Å². The molecule has 0 saturated carbocycles. The minimum atomic E-state index is -4.37. The number of hydrogen-bond acceptors (Lipinski definition) is 4. The zero-order valence-electron chi connectivity index (χ0n) is 12.9. The maximum absolute atomic E-state index is 13.3. The van der Waals surface area contributed by atoms with Crippen molar-refractivity contribution in [2.45, 2.75) is 12.2 Å². The summed E-state index contributed by atoms with van der Waals surface area (Å²) in [4.78, 5) is 13.7. The Balaban J connectivity index is 1.70. The number of carbonyl (C=O) groups is 1. The van der Waals surface area contributed by atoms with E-state index in [1.165, 1.54) is 16.2 Å². The normalized spacial score (nSPS) is 17.8. The number of rotatable bonds is 4. The molecule has 1 atom stereocenters. The molecule has 1 aliphatic rings. The summed E-state index contributed by atoms with van der Waals surface area (Å²) in [7, 11) is 0. The molecule has 0 spiro atoms. The van der Waals surface area contributed by atoms with Crippen LogP contribution in [0.25, 0.3) is 10.1 Å². The van der Waals surface area contributed by atoms with E-state index in [0.29, 0.717) is 31.7 Å². The molecule has 4 nitrogen and oxygen atoms in total. The average molecular weight is 357 g/mol. The second-order valence-electron chi connectivity index (χ2n) is 5.70. The number of amides is 1. The van der Waals surface area contributed by atoms with Gasteiger partial charge in [-0.15, -0.1) is 11.3 Å². The first kappa shape index (κ1) is 17.2. The van der Waals surface area contributed by atoms with Crippen molar-refractivity contribution in [3.63, 3.8) is 0 Å². The molecule has 0 aliphatic carbocycles. The van der Waals surface area contributed by atoms with E-state index in [2.05, 4.69) is 10.6 Å². The van der Waals surface area contributed by atoms with E-state index in [1.807, 2.05) is 18.2 Å². The standard InChI is InChI=1S/C16H18F3N3OS/c17-16(18,19)14(22-7-5-20-6-8-22)9-21-15(23)12-10-24-13-4-2-1-3-11(12)13/h1-4,10,14,20H,5-9H2,(H,21,23). The van der Waals surface area contributed by atoms with Gasteiger partial charge in [0.2, 0.25) is 0 Å². The monoisotopic (exact) mass is 357 g/mol. The third kappa shape index (κ3) is 3.71. The zero-order valence-corrected chi connectivity index (χ0v) is 13.7. The van der Waals surface area contributed by atoms with E-state index in [4.69, 9.17) is 0 Å². The number of thiophene rings is 1. The number of carbonyl (C=O) groups excluding carboxylic acids is 1. The van der Waals surface area contributed by atoms with Crippen molar-refractivity contribution in [2.75, 3.05) is 32.7 Å². The van der Waals surface area contributed by atoms with Crippen molar-refractivity contribution in [2.24, 2.45) is 0 Å². The van der Waals surface area contributed by atoms with E-state index in [-0.39, 0.29) is 0 Å². The van der Waals surface area contributed by atoms with Gasteiger partial charge in [-0.25, -0.2) is 0 Å². The lowest BCUT2D eigenvalue weighted by molar-refractivity contribution is -0.183. The van der Waals surface area contributed by atoms with Gasteiger partial charge in [0, 0.05) is 48.2 Å². The van der Waals surface area contributed by atoms with Crippen LogP contribution in [0.4, 0.5) is 13.2 Å². The van der Waals surface area contributed by atoms with Gasteiger partial charge in [-0.1, -0.05) is 18.2 Å². The van der Waals surface area contributed by atoms with Crippen molar-refractivity contribution in [1.29, 1.82) is 0 Å². The van der Waals surface area contributed by atoms with Gasteiger partial charge in [-0.05, 0) is 6.07 Å². The van der Waals surface area contributed by atoms with Crippen LogP contribution in [0.2, 0.25) is 0 Å². The molecule has 1 unspecified atom stereocenters. The van der Waals surface area contributed by atoms with Gasteiger partial charge >= 0.3 is 6.18 Å². The van der Waals surface area contributed by atoms with Crippen LogP contribution >= 0.6 is 11.3 Å². The van der Waals surface area contributed by atoms with Gasteiger partial charge in [0.05, 0.1) is 5.56 Å². The highest BCUT2D eigenvalue weighted by Crippen LogP contribution is 2.27. The summed E-state index contributed by atoms with van der Waals surface area (Å²) in [5.41, 5.74) is 0.428. The number of hydrogen-bond donors (Lipinski definition) is 2. The maximum atomic E-state index is 13.3. The molecule has 130 valence electrons. The third-order valence-electron chi connectivity index (χ3n) is 4.15. The van der Waals surface area contributed by atoms with Crippen LogP contribution in [-0.4, -0.2) is 55.7 Å². The van der Waals surface area contributed by atoms with Gasteiger partial charge in [0.25, 0.3) is 5.91 Å². The van der Waals surface area contributed by atoms with E-state index < -0.39 is 24.7 Å². The smallest absolute Gasteiger partial charge is 0.350 e. The number of piperazine rings is 1. The summed E-state index contributed by atoms with van der Waals surface area (Å²) in [6.07, 6.45) is -4.37. The van der Waals surface area contributed by atoms with Crippen LogP contribution in [-0.2, 0) is 0 Å². The Morgan fingerprint density at radius 3 is 2.71 bits per heavy atom. The predicted molar refractivity (Wildman–Crippen MR) is 88.4 cm³/mol. The number of nitrogens with zero attached hydrogens (tertiary/aromatic N) is 1. The summed E-state index contributed by atoms with van der Waals surface area (Å²) in [5.74, 6) is -0.461. The molecular weight excluding hydrogens is 339 g/mol. The fourth-order valence-corrected chi connectivity index (χ4v) is 3.82.